The molecule has 3 aromatic rings. The number of hydrogen-bond acceptors (Lipinski definition) is 5. The molecule has 3 atom stereocenters. The Bertz CT molecular complexity index is 1360. The second-order valence-electron chi connectivity index (χ2n) is 10.5. The maximum Gasteiger partial charge on any atom is 0.272 e. The first-order valence-electron chi connectivity index (χ1n) is 13.8. The number of nitrogens with one attached hydrogen (secondary N) is 1. The molecule has 0 saturated heterocycles. The van der Waals surface area contributed by atoms with E-state index in [9.17, 15) is 14.7 Å². The van der Waals surface area contributed by atoms with Crippen LogP contribution < -0.4 is 15.0 Å². The van der Waals surface area contributed by atoms with E-state index in [-0.39, 0.29) is 12.5 Å². The van der Waals surface area contributed by atoms with Crippen molar-refractivity contribution in [3.8, 4) is 5.75 Å². The summed E-state index contributed by atoms with van der Waals surface area (Å²) in [6.45, 7) is -0.0319. The van der Waals surface area contributed by atoms with Gasteiger partial charge in [-0.1, -0.05) is 85.8 Å². The molecule has 2 N–H and O–H groups in total. The van der Waals surface area contributed by atoms with Crippen LogP contribution in [0.5, 0.6) is 5.75 Å². The first-order chi connectivity index (χ1) is 19.4. The van der Waals surface area contributed by atoms with Crippen LogP contribution in [0.15, 0.2) is 83.9 Å². The van der Waals surface area contributed by atoms with E-state index in [0.717, 1.165) is 31.2 Å². The molecule has 1 fully saturated rings. The predicted octanol–water partition coefficient (Wildman–Crippen LogP) is 5.23. The van der Waals surface area contributed by atoms with Crippen molar-refractivity contribution in [2.24, 2.45) is 16.8 Å². The van der Waals surface area contributed by atoms with Gasteiger partial charge in [0.15, 0.2) is 0 Å². The second kappa shape index (κ2) is 12.7. The number of carbonyl (C=O) groups is 2. The smallest absolute Gasteiger partial charge is 0.272 e. The third-order valence-corrected chi connectivity index (χ3v) is 7.99. The van der Waals surface area contributed by atoms with Crippen molar-refractivity contribution in [3.63, 3.8) is 0 Å². The van der Waals surface area contributed by atoms with Crippen molar-refractivity contribution in [3.05, 3.63) is 95.0 Å². The van der Waals surface area contributed by atoms with Gasteiger partial charge in [0.25, 0.3) is 5.91 Å². The quantitative estimate of drug-likeness (QED) is 0.375. The van der Waals surface area contributed by atoms with Gasteiger partial charge in [0, 0.05) is 23.2 Å². The van der Waals surface area contributed by atoms with E-state index in [4.69, 9.17) is 21.3 Å². The van der Waals surface area contributed by atoms with Gasteiger partial charge in [-0.15, -0.1) is 0 Å². The largest absolute Gasteiger partial charge is 0.491 e. The van der Waals surface area contributed by atoms with Crippen molar-refractivity contribution in [2.75, 3.05) is 18.6 Å². The highest BCUT2D eigenvalue weighted by Crippen LogP contribution is 2.33. The molecule has 2 amide bonds. The molecule has 1 heterocycles. The molecule has 7 nitrogen and oxygen atoms in total. The number of benzene rings is 3. The van der Waals surface area contributed by atoms with Gasteiger partial charge in [0.1, 0.15) is 12.4 Å². The number of ether oxygens (including phenoxy) is 1. The third-order valence-electron chi connectivity index (χ3n) is 7.75. The molecule has 1 aliphatic carbocycles. The van der Waals surface area contributed by atoms with Gasteiger partial charge in [-0.2, -0.15) is 0 Å². The molecular weight excluding hydrogens is 526 g/mol. The van der Waals surface area contributed by atoms with Crippen LogP contribution >= 0.6 is 11.6 Å². The van der Waals surface area contributed by atoms with Crippen molar-refractivity contribution >= 4 is 34.8 Å². The number of aliphatic hydroxyl groups excluding tert-OH is 1. The average molecular weight is 560 g/mol. The zero-order valence-electron chi connectivity index (χ0n) is 22.5. The fourth-order valence-corrected chi connectivity index (χ4v) is 5.74. The van der Waals surface area contributed by atoms with E-state index < -0.39 is 24.1 Å². The third kappa shape index (κ3) is 6.37. The molecule has 0 bridgehead atoms. The number of rotatable bonds is 9. The summed E-state index contributed by atoms with van der Waals surface area (Å²) < 4.78 is 5.79. The Morgan fingerprint density at radius 3 is 2.45 bits per heavy atom. The molecule has 2 aliphatic rings. The molecule has 1 unspecified atom stereocenters. The predicted molar refractivity (Wildman–Crippen MR) is 157 cm³/mol. The van der Waals surface area contributed by atoms with Crippen LogP contribution in [0.25, 0.3) is 0 Å². The Hall–Kier alpha value is -3.68. The van der Waals surface area contributed by atoms with Gasteiger partial charge in [-0.3, -0.25) is 9.59 Å². The lowest BCUT2D eigenvalue weighted by Crippen LogP contribution is -2.50. The van der Waals surface area contributed by atoms with Crippen LogP contribution in [0.1, 0.15) is 43.2 Å². The van der Waals surface area contributed by atoms with Crippen LogP contribution in [0.3, 0.4) is 0 Å². The number of anilines is 1. The summed E-state index contributed by atoms with van der Waals surface area (Å²) in [5.41, 5.74) is 2.70. The minimum Gasteiger partial charge on any atom is -0.491 e. The Kier molecular flexibility index (Phi) is 8.82. The normalized spacial score (nSPS) is 18.9. The Morgan fingerprint density at radius 1 is 1.07 bits per heavy atom. The van der Waals surface area contributed by atoms with Crippen molar-refractivity contribution in [1.82, 2.24) is 5.32 Å². The summed E-state index contributed by atoms with van der Waals surface area (Å²) in [6.07, 6.45) is 2.58. The monoisotopic (exact) mass is 559 g/mol. The van der Waals surface area contributed by atoms with E-state index in [0.29, 0.717) is 40.1 Å². The Morgan fingerprint density at radius 2 is 1.75 bits per heavy atom. The number of likely N-dealkylation sites (N-methyl/N-ethyl adjacent to an activating group) is 1. The van der Waals surface area contributed by atoms with Crippen molar-refractivity contribution in [2.45, 2.75) is 44.4 Å². The van der Waals surface area contributed by atoms with Gasteiger partial charge >= 0.3 is 0 Å². The fourth-order valence-electron chi connectivity index (χ4n) is 5.57. The molecule has 40 heavy (non-hydrogen) atoms. The Balaban J connectivity index is 1.43. The molecule has 208 valence electrons. The lowest BCUT2D eigenvalue weighted by atomic mass is 9.88. The van der Waals surface area contributed by atoms with Gasteiger partial charge < -0.3 is 20.1 Å². The lowest BCUT2D eigenvalue weighted by Gasteiger charge is -2.27. The minimum atomic E-state index is -1.17. The molecule has 0 spiro atoms. The molecule has 1 aliphatic heterocycles. The number of aliphatic hydroxyl groups is 1. The van der Waals surface area contributed by atoms with E-state index in [1.165, 1.54) is 4.90 Å². The molecule has 8 heteroatoms. The van der Waals surface area contributed by atoms with Crippen LogP contribution in [-0.2, 0) is 9.59 Å². The van der Waals surface area contributed by atoms with E-state index in [1.807, 2.05) is 60.7 Å². The number of amides is 2. The number of aliphatic imine (C=N–C) groups is 1. The van der Waals surface area contributed by atoms with E-state index in [2.05, 4.69) is 5.32 Å². The average Bonchev–Trinajstić information content (AvgIpc) is 3.47. The van der Waals surface area contributed by atoms with Crippen LogP contribution in [0, 0.1) is 11.8 Å². The number of carbonyl (C=O) groups excluding carboxylic acids is 2. The fraction of sp³-hybridized carbons (Fsp3) is 0.344. The number of hydrogen-bond donors (Lipinski definition) is 2. The number of para-hydroxylation sites is 1. The molecule has 5 rings (SSSR count). The number of benzodiazepines with no additional fused rings is 1. The number of fused-ring (bicyclic) bond motifs is 1. The van der Waals surface area contributed by atoms with Gasteiger partial charge in [-0.05, 0) is 42.7 Å². The standard InChI is InChI=1S/C32H34ClN3O4/c1-36-27-17-16-23(33)19-25(27)29(22-12-4-2-5-13-22)34-30(32(36)39)35-31(38)26(18-21-10-8-9-11-21)28(37)20-40-24-14-6-3-7-15-24/h2-7,12-17,19,21,26,28,30,37H,8-11,18,20H2,1H3,(H,35,38)/t26-,28+,30?/m1/s1. The number of halogens is 1. The highest BCUT2D eigenvalue weighted by molar-refractivity contribution is 6.32. The van der Waals surface area contributed by atoms with Crippen LogP contribution in [0.4, 0.5) is 5.69 Å². The lowest BCUT2D eigenvalue weighted by molar-refractivity contribution is -0.133. The topological polar surface area (TPSA) is 91.2 Å². The van der Waals surface area contributed by atoms with Crippen molar-refractivity contribution < 1.29 is 19.4 Å². The molecular formula is C32H34ClN3O4. The highest BCUT2D eigenvalue weighted by atomic mass is 35.5. The van der Waals surface area contributed by atoms with Gasteiger partial charge in [0.2, 0.25) is 12.1 Å². The highest BCUT2D eigenvalue weighted by Gasteiger charge is 2.36. The van der Waals surface area contributed by atoms with E-state index >= 15 is 0 Å². The molecule has 0 aromatic heterocycles. The zero-order chi connectivity index (χ0) is 28.1. The first kappa shape index (κ1) is 27.9. The molecule has 3 aromatic carbocycles. The summed E-state index contributed by atoms with van der Waals surface area (Å²) in [6, 6.07) is 24.0. The van der Waals surface area contributed by atoms with Crippen LogP contribution in [-0.4, -0.2) is 48.6 Å². The Labute approximate surface area is 239 Å². The summed E-state index contributed by atoms with van der Waals surface area (Å²) in [4.78, 5) is 33.7. The maximum atomic E-state index is 13.8. The first-order valence-corrected chi connectivity index (χ1v) is 14.2. The summed E-state index contributed by atoms with van der Waals surface area (Å²) in [7, 11) is 1.66. The summed E-state index contributed by atoms with van der Waals surface area (Å²) in [5.74, 6) is -0.582. The summed E-state index contributed by atoms with van der Waals surface area (Å²) >= 11 is 6.35. The van der Waals surface area contributed by atoms with Crippen molar-refractivity contribution in [1.29, 1.82) is 0 Å². The van der Waals surface area contributed by atoms with Gasteiger partial charge in [-0.25, -0.2) is 4.99 Å². The van der Waals surface area contributed by atoms with E-state index in [1.54, 1.807) is 25.2 Å². The zero-order valence-corrected chi connectivity index (χ0v) is 23.3. The van der Waals surface area contributed by atoms with Crippen LogP contribution in [0.2, 0.25) is 5.02 Å². The minimum absolute atomic E-state index is 0.0319. The molecule has 0 radical (unpaired) electrons. The molecule has 1 saturated carbocycles. The maximum absolute atomic E-state index is 13.8. The number of nitrogens with zero attached hydrogens (tertiary/aromatic N) is 2. The second-order valence-corrected chi connectivity index (χ2v) is 10.9. The van der Waals surface area contributed by atoms with Gasteiger partial charge in [0.05, 0.1) is 23.4 Å². The summed E-state index contributed by atoms with van der Waals surface area (Å²) in [5, 5.41) is 14.6. The SMILES string of the molecule is CN1C(=O)C(NC(=O)[C@H](CC2CCCC2)[C@@H](O)COc2ccccc2)N=C(c2ccccc2)c2cc(Cl)ccc21.